The summed E-state index contributed by atoms with van der Waals surface area (Å²) in [6.45, 7) is 0.110. The van der Waals surface area contributed by atoms with Crippen LogP contribution in [0.3, 0.4) is 0 Å². The average Bonchev–Trinajstić information content (AvgIpc) is 3.05. The van der Waals surface area contributed by atoms with Gasteiger partial charge in [-0.2, -0.15) is 0 Å². The number of furan rings is 1. The normalized spacial score (nSPS) is 10.8. The van der Waals surface area contributed by atoms with E-state index in [1.165, 1.54) is 25.3 Å². The quantitative estimate of drug-likeness (QED) is 0.626. The highest BCUT2D eigenvalue weighted by Gasteiger charge is 2.05. The number of carbonyl (C=O) groups excluding carboxylic acids is 2. The van der Waals surface area contributed by atoms with E-state index >= 15 is 0 Å². The molecule has 1 amide bonds. The van der Waals surface area contributed by atoms with Crippen molar-refractivity contribution in [3.8, 4) is 0 Å². The van der Waals surface area contributed by atoms with Crippen molar-refractivity contribution in [3.63, 3.8) is 0 Å². The smallest absolute Gasteiger partial charge is 0.305 e. The maximum atomic E-state index is 13.4. The second-order valence-electron chi connectivity index (χ2n) is 5.02. The van der Waals surface area contributed by atoms with Gasteiger partial charge in [0, 0.05) is 24.6 Å². The van der Waals surface area contributed by atoms with Crippen LogP contribution in [0.15, 0.2) is 46.9 Å². The van der Waals surface area contributed by atoms with Crippen molar-refractivity contribution in [2.24, 2.45) is 0 Å². The highest BCUT2D eigenvalue weighted by molar-refractivity contribution is 5.91. The number of carbonyl (C=O) groups is 2. The number of halogens is 1. The van der Waals surface area contributed by atoms with Gasteiger partial charge in [-0.1, -0.05) is 18.2 Å². The molecule has 126 valence electrons. The number of methoxy groups -OCH3 is 1. The van der Waals surface area contributed by atoms with Gasteiger partial charge in [-0.15, -0.1) is 0 Å². The first kappa shape index (κ1) is 17.5. The van der Waals surface area contributed by atoms with Gasteiger partial charge in [-0.25, -0.2) is 4.39 Å². The third kappa shape index (κ3) is 5.39. The van der Waals surface area contributed by atoms with Crippen molar-refractivity contribution in [2.45, 2.75) is 19.4 Å². The van der Waals surface area contributed by atoms with Crippen LogP contribution < -0.4 is 5.32 Å². The topological polar surface area (TPSA) is 68.5 Å². The molecule has 0 saturated heterocycles. The molecule has 0 spiro atoms. The molecule has 24 heavy (non-hydrogen) atoms. The second kappa shape index (κ2) is 8.67. The molecular formula is C18H18FNO4. The lowest BCUT2D eigenvalue weighted by molar-refractivity contribution is -0.140. The van der Waals surface area contributed by atoms with Gasteiger partial charge in [0.25, 0.3) is 0 Å². The van der Waals surface area contributed by atoms with Crippen LogP contribution in [-0.4, -0.2) is 19.0 Å². The van der Waals surface area contributed by atoms with Crippen LogP contribution >= 0.6 is 0 Å². The minimum atomic E-state index is -0.358. The third-order valence-corrected chi connectivity index (χ3v) is 3.30. The fraction of sp³-hybridized carbons (Fsp3) is 0.222. The highest BCUT2D eigenvalue weighted by atomic mass is 19.1. The lowest BCUT2D eigenvalue weighted by atomic mass is 10.2. The van der Waals surface area contributed by atoms with E-state index < -0.39 is 0 Å². The maximum absolute atomic E-state index is 13.4. The molecule has 0 saturated carbocycles. The van der Waals surface area contributed by atoms with E-state index in [0.717, 1.165) is 0 Å². The molecule has 0 aliphatic carbocycles. The fourth-order valence-corrected chi connectivity index (χ4v) is 1.99. The predicted octanol–water partition coefficient (Wildman–Crippen LogP) is 2.85. The first-order valence-electron chi connectivity index (χ1n) is 7.43. The zero-order chi connectivity index (χ0) is 17.4. The van der Waals surface area contributed by atoms with Crippen LogP contribution in [0.1, 0.15) is 23.5 Å². The van der Waals surface area contributed by atoms with E-state index in [-0.39, 0.29) is 30.7 Å². The van der Waals surface area contributed by atoms with E-state index in [1.54, 1.807) is 30.3 Å². The van der Waals surface area contributed by atoms with Gasteiger partial charge in [-0.3, -0.25) is 9.59 Å². The van der Waals surface area contributed by atoms with Crippen molar-refractivity contribution in [2.75, 3.05) is 7.11 Å². The van der Waals surface area contributed by atoms with Crippen molar-refractivity contribution in [1.29, 1.82) is 0 Å². The van der Waals surface area contributed by atoms with Crippen LogP contribution in [0, 0.1) is 5.82 Å². The molecule has 2 rings (SSSR count). The number of nitrogens with one attached hydrogen (secondary N) is 1. The van der Waals surface area contributed by atoms with Gasteiger partial charge in [-0.05, 0) is 24.3 Å². The minimum Gasteiger partial charge on any atom is -0.469 e. The van der Waals surface area contributed by atoms with E-state index in [9.17, 15) is 14.0 Å². The Balaban J connectivity index is 1.82. The van der Waals surface area contributed by atoms with Crippen LogP contribution in [-0.2, 0) is 27.3 Å². The van der Waals surface area contributed by atoms with Crippen LogP contribution in [0.2, 0.25) is 0 Å². The van der Waals surface area contributed by atoms with E-state index in [4.69, 9.17) is 4.42 Å². The summed E-state index contributed by atoms with van der Waals surface area (Å²) in [4.78, 5) is 22.8. The molecule has 0 fully saturated rings. The molecule has 1 heterocycles. The maximum Gasteiger partial charge on any atom is 0.305 e. The molecule has 0 radical (unpaired) electrons. The summed E-state index contributed by atoms with van der Waals surface area (Å²) in [5.41, 5.74) is 0.419. The summed E-state index contributed by atoms with van der Waals surface area (Å²) in [5, 5.41) is 2.60. The number of ether oxygens (including phenoxy) is 1. The minimum absolute atomic E-state index is 0.110. The van der Waals surface area contributed by atoms with Crippen LogP contribution in [0.25, 0.3) is 6.08 Å². The van der Waals surface area contributed by atoms with Gasteiger partial charge < -0.3 is 14.5 Å². The van der Waals surface area contributed by atoms with E-state index in [0.29, 0.717) is 23.5 Å². The van der Waals surface area contributed by atoms with Gasteiger partial charge in [0.15, 0.2) is 0 Å². The summed E-state index contributed by atoms with van der Waals surface area (Å²) >= 11 is 0. The van der Waals surface area contributed by atoms with Gasteiger partial charge >= 0.3 is 5.97 Å². The molecule has 0 atom stereocenters. The fourth-order valence-electron chi connectivity index (χ4n) is 1.99. The zero-order valence-electron chi connectivity index (χ0n) is 13.3. The molecule has 0 unspecified atom stereocenters. The summed E-state index contributed by atoms with van der Waals surface area (Å²) in [6.07, 6.45) is 3.48. The van der Waals surface area contributed by atoms with Crippen molar-refractivity contribution >= 4 is 18.0 Å². The van der Waals surface area contributed by atoms with Crippen LogP contribution in [0.5, 0.6) is 0 Å². The number of esters is 1. The summed E-state index contributed by atoms with van der Waals surface area (Å²) in [7, 11) is 1.33. The SMILES string of the molecule is COC(=O)CCc1ccc(C=CC(=O)NCc2ccccc2F)o1. The molecular weight excluding hydrogens is 313 g/mol. The Morgan fingerprint density at radius 3 is 2.79 bits per heavy atom. The zero-order valence-corrected chi connectivity index (χ0v) is 13.3. The standard InChI is InChI=1S/C18H18FNO4/c1-23-18(22)11-9-15-7-6-14(24-15)8-10-17(21)20-12-13-4-2-3-5-16(13)19/h2-8,10H,9,11-12H2,1H3,(H,20,21). The molecule has 5 nitrogen and oxygen atoms in total. The molecule has 0 aliphatic heterocycles. The Labute approximate surface area is 139 Å². The number of amides is 1. The number of hydrogen-bond acceptors (Lipinski definition) is 4. The van der Waals surface area contributed by atoms with Crippen molar-refractivity contribution in [1.82, 2.24) is 5.32 Å². The highest BCUT2D eigenvalue weighted by Crippen LogP contribution is 2.12. The molecule has 6 heteroatoms. The number of hydrogen-bond donors (Lipinski definition) is 1. The third-order valence-electron chi connectivity index (χ3n) is 3.30. The van der Waals surface area contributed by atoms with Crippen molar-refractivity contribution < 1.29 is 23.1 Å². The molecule has 2 aromatic rings. The Bertz CT molecular complexity index is 736. The van der Waals surface area contributed by atoms with Gasteiger partial charge in [0.05, 0.1) is 13.5 Å². The number of benzene rings is 1. The van der Waals surface area contributed by atoms with E-state index in [2.05, 4.69) is 10.1 Å². The lowest BCUT2D eigenvalue weighted by Gasteiger charge is -2.03. The molecule has 1 aromatic carbocycles. The largest absolute Gasteiger partial charge is 0.469 e. The average molecular weight is 331 g/mol. The van der Waals surface area contributed by atoms with Crippen molar-refractivity contribution in [3.05, 3.63) is 65.4 Å². The lowest BCUT2D eigenvalue weighted by Crippen LogP contribution is -2.20. The Kier molecular flexibility index (Phi) is 6.31. The Morgan fingerprint density at radius 1 is 1.25 bits per heavy atom. The molecule has 1 aromatic heterocycles. The monoisotopic (exact) mass is 331 g/mol. The summed E-state index contributed by atoms with van der Waals surface area (Å²) < 4.78 is 23.5. The molecule has 1 N–H and O–H groups in total. The van der Waals surface area contributed by atoms with Gasteiger partial charge in [0.2, 0.25) is 5.91 Å². The Morgan fingerprint density at radius 2 is 2.04 bits per heavy atom. The van der Waals surface area contributed by atoms with Crippen LogP contribution in [0.4, 0.5) is 4.39 Å². The second-order valence-corrected chi connectivity index (χ2v) is 5.02. The number of aryl methyl sites for hydroxylation is 1. The summed E-state index contributed by atoms with van der Waals surface area (Å²) in [5.74, 6) is 0.104. The first-order chi connectivity index (χ1) is 11.6. The first-order valence-corrected chi connectivity index (χ1v) is 7.43. The molecule has 0 aliphatic rings. The van der Waals surface area contributed by atoms with Gasteiger partial charge in [0.1, 0.15) is 17.3 Å². The number of rotatable bonds is 7. The predicted molar refractivity (Wildman–Crippen MR) is 86.3 cm³/mol. The summed E-state index contributed by atoms with van der Waals surface area (Å²) in [6, 6.07) is 9.69. The van der Waals surface area contributed by atoms with E-state index in [1.807, 2.05) is 0 Å². The Hall–Kier alpha value is -2.89. The molecule has 0 bridgehead atoms.